The third kappa shape index (κ3) is 24.0. The molecule has 18 rings (SSSR count). The molecular formula is C110H125ClN8O17S4. The number of carbonyl (C=O) groups excluding carboxylic acids is 4. The van der Waals surface area contributed by atoms with Gasteiger partial charge in [0.2, 0.25) is 0 Å². The maximum absolute atomic E-state index is 14.2. The van der Waals surface area contributed by atoms with Crippen molar-refractivity contribution < 1.29 is 81.1 Å². The van der Waals surface area contributed by atoms with Gasteiger partial charge in [-0.25, -0.2) is 0 Å². The molecule has 0 spiro atoms. The smallest absolute Gasteiger partial charge is 0.261 e. The number of para-hydroxylation sites is 4. The van der Waals surface area contributed by atoms with Gasteiger partial charge in [-0.15, -0.1) is 11.6 Å². The molecule has 0 unspecified atom stereocenters. The highest BCUT2D eigenvalue weighted by atomic mass is 35.5. The van der Waals surface area contributed by atoms with E-state index < -0.39 is 0 Å². The van der Waals surface area contributed by atoms with Gasteiger partial charge in [0.15, 0.2) is 34.5 Å². The number of amides is 4. The van der Waals surface area contributed by atoms with E-state index in [0.29, 0.717) is 147 Å². The number of hydrogen-bond donors (Lipinski definition) is 1. The molecule has 30 heteroatoms. The number of aromatic hydroxyl groups is 1. The molecular weight excluding hydrogens is 1870 g/mol. The number of anilines is 6. The van der Waals surface area contributed by atoms with E-state index in [1.54, 1.807) is 67.2 Å². The molecule has 0 radical (unpaired) electrons. The lowest BCUT2D eigenvalue weighted by Crippen LogP contribution is -2.38. The lowest BCUT2D eigenvalue weighted by atomic mass is 9.99. The Hall–Kier alpha value is -10.9. The van der Waals surface area contributed by atoms with Crippen LogP contribution in [0.15, 0.2) is 192 Å². The second kappa shape index (κ2) is 47.3. The fourth-order valence-corrected chi connectivity index (χ4v) is 24.1. The minimum atomic E-state index is -0.138. The van der Waals surface area contributed by atoms with E-state index in [-0.39, 0.29) is 82.0 Å². The lowest BCUT2D eigenvalue weighted by Gasteiger charge is -2.34. The summed E-state index contributed by atoms with van der Waals surface area (Å²) >= 11 is 6.43. The quantitative estimate of drug-likeness (QED) is 0.0213. The second-order valence-corrected chi connectivity index (χ2v) is 43.4. The van der Waals surface area contributed by atoms with Crippen LogP contribution in [0, 0.1) is 6.92 Å². The fraction of sp³-hybridized carbons (Fsp3) is 0.400. The van der Waals surface area contributed by atoms with Crippen molar-refractivity contribution in [3.8, 4) is 40.2 Å². The van der Waals surface area contributed by atoms with Gasteiger partial charge in [0.05, 0.1) is 122 Å². The van der Waals surface area contributed by atoms with Crippen LogP contribution in [0.1, 0.15) is 143 Å². The van der Waals surface area contributed by atoms with Crippen LogP contribution in [0.5, 0.6) is 40.2 Å². The summed E-state index contributed by atoms with van der Waals surface area (Å²) in [5, 5.41) is 9.88. The molecule has 8 aliphatic heterocycles. The molecule has 1 N–H and O–H groups in total. The van der Waals surface area contributed by atoms with Gasteiger partial charge in [-0.05, 0) is 238 Å². The van der Waals surface area contributed by atoms with Gasteiger partial charge in [0.1, 0.15) is 25.6 Å². The van der Waals surface area contributed by atoms with Gasteiger partial charge in [-0.2, -0.15) is 0 Å². The average Bonchev–Trinajstić information content (AvgIpc) is 1.60. The zero-order chi connectivity index (χ0) is 98.1. The molecule has 738 valence electrons. The number of carbonyl (C=O) groups is 4. The number of ether oxygens (including phenoxy) is 12. The van der Waals surface area contributed by atoms with Crippen molar-refractivity contribution in [3.05, 3.63) is 265 Å². The summed E-state index contributed by atoms with van der Waals surface area (Å²) in [5.74, 6) is 3.42. The van der Waals surface area contributed by atoms with Crippen LogP contribution < -0.4 is 57.8 Å². The fourth-order valence-electron chi connectivity index (χ4n) is 19.6. The average molecular weight is 1990 g/mol. The number of aliphatic imine (C=N–C) groups is 2. The standard InChI is InChI=1S/C55H62N4O8S2.C38H49ClN2O6S2.C17H14N2O3/c1-36-23-46-47(56-32-44-28-41-12-8-10-14-49(41)59(44)54(46)61)31-50(36)66-33-37-24-38(26-43(25-37)57(35-55(2,3)69-68-6)17-18-64-21-22-65-20-19-62-4)34-67-52-29-39-15-16-42-27-40-11-7-9-13-48(40)58(42)53(60)45(39)30-51(52)63-5;1-38(2,49-48-5)26-40(12-13-45-16-17-46-15-14-43-3)32-19-27(24-39)18-28(20-32)25-47-36-22-29-10-11-31-21-30-8-6-7-9-34(30)41(31)37(42)33(29)23-35(36)44-4;1-22-16-7-12-13(8-15(16)20)18-9-11-6-10-4-2-3-5-14(10)19(11)17(12)21/h7-14,23-26,29-32,42,44H,15-22,27-28,33-35H2,1-6H3;6-9,18-20,22-23,31H,10-17,21,24-26H2,1-5H3;2-5,7-9,11,20H,6H2,1H3/t42-,44+;31-;11-/m110/s1. The van der Waals surface area contributed by atoms with Crippen LogP contribution in [0.4, 0.5) is 45.5 Å². The van der Waals surface area contributed by atoms with Crippen LogP contribution in [-0.4, -0.2) is 215 Å². The number of phenols is 1. The molecule has 0 saturated heterocycles. The lowest BCUT2D eigenvalue weighted by molar-refractivity contribution is 0.0264. The number of halogens is 1. The van der Waals surface area contributed by atoms with Gasteiger partial charge in [-0.1, -0.05) is 122 Å². The van der Waals surface area contributed by atoms with E-state index in [2.05, 4.69) is 110 Å². The van der Waals surface area contributed by atoms with Crippen LogP contribution in [0.3, 0.4) is 0 Å². The first-order chi connectivity index (χ1) is 68.0. The summed E-state index contributed by atoms with van der Waals surface area (Å²) in [4.78, 5) is 76.8. The third-order valence-electron chi connectivity index (χ3n) is 26.1. The number of fused-ring (bicyclic) bond motifs is 16. The Morgan fingerprint density at radius 2 is 0.764 bits per heavy atom. The molecule has 8 aliphatic rings. The molecule has 10 aromatic rings. The van der Waals surface area contributed by atoms with Crippen molar-refractivity contribution in [3.63, 3.8) is 0 Å². The Balaban J connectivity index is 0.000000171. The summed E-state index contributed by atoms with van der Waals surface area (Å²) in [6, 6.07) is 59.9. The van der Waals surface area contributed by atoms with E-state index >= 15 is 0 Å². The largest absolute Gasteiger partial charge is 0.504 e. The molecule has 0 aromatic heterocycles. The predicted molar refractivity (Wildman–Crippen MR) is 565 cm³/mol. The third-order valence-corrected chi connectivity index (χ3v) is 31.6. The maximum atomic E-state index is 14.2. The summed E-state index contributed by atoms with van der Waals surface area (Å²) < 4.78 is 70.0. The Morgan fingerprint density at radius 1 is 0.400 bits per heavy atom. The molecule has 0 saturated carbocycles. The van der Waals surface area contributed by atoms with E-state index in [0.717, 1.165) is 155 Å². The topological polar surface area (TPSA) is 243 Å². The monoisotopic (exact) mass is 1990 g/mol. The zero-order valence-electron chi connectivity index (χ0n) is 81.7. The first-order valence-electron chi connectivity index (χ1n) is 47.6. The second-order valence-electron chi connectivity index (χ2n) is 36.9. The van der Waals surface area contributed by atoms with E-state index in [1.165, 1.54) is 24.3 Å². The molecule has 140 heavy (non-hydrogen) atoms. The van der Waals surface area contributed by atoms with Crippen molar-refractivity contribution in [1.82, 2.24) is 0 Å². The van der Waals surface area contributed by atoms with Crippen molar-refractivity contribution in [2.24, 2.45) is 9.98 Å². The highest BCUT2D eigenvalue weighted by molar-refractivity contribution is 8.77. The van der Waals surface area contributed by atoms with Crippen molar-refractivity contribution >= 4 is 136 Å². The summed E-state index contributed by atoms with van der Waals surface area (Å²) in [6.07, 6.45) is 14.4. The number of alkyl halides is 1. The van der Waals surface area contributed by atoms with Gasteiger partial charge in [0, 0.05) is 151 Å². The number of phenolic OH excluding ortho intramolecular Hbond substituents is 1. The van der Waals surface area contributed by atoms with Gasteiger partial charge < -0.3 is 81.5 Å². The van der Waals surface area contributed by atoms with Crippen molar-refractivity contribution in [1.29, 1.82) is 0 Å². The Kier molecular flexibility index (Phi) is 34.5. The Bertz CT molecular complexity index is 6160. The molecule has 0 bridgehead atoms. The minimum absolute atomic E-state index is 0.0000982. The highest BCUT2D eigenvalue weighted by Crippen LogP contribution is 2.48. The normalized spacial score (nSPS) is 16.6. The molecule has 4 amide bonds. The van der Waals surface area contributed by atoms with Crippen molar-refractivity contribution in [2.75, 3.05) is 170 Å². The number of nitrogens with zero attached hydrogens (tertiary/aromatic N) is 8. The van der Waals surface area contributed by atoms with Crippen molar-refractivity contribution in [2.45, 2.75) is 145 Å². The Labute approximate surface area is 842 Å². The maximum Gasteiger partial charge on any atom is 0.261 e. The van der Waals surface area contributed by atoms with Crippen LogP contribution in [-0.2, 0) is 92.6 Å². The van der Waals surface area contributed by atoms with E-state index in [4.69, 9.17) is 73.4 Å². The number of hydrogen-bond acceptors (Lipinski definition) is 25. The van der Waals surface area contributed by atoms with E-state index in [9.17, 15) is 24.3 Å². The summed E-state index contributed by atoms with van der Waals surface area (Å²) in [7, 11) is 15.3. The van der Waals surface area contributed by atoms with Gasteiger partial charge in [0.25, 0.3) is 23.6 Å². The number of methoxy groups -OCH3 is 5. The first-order valence-corrected chi connectivity index (χ1v) is 53.3. The summed E-state index contributed by atoms with van der Waals surface area (Å²) in [6.45, 7) is 20.1. The molecule has 10 aromatic carbocycles. The van der Waals surface area contributed by atoms with Crippen LogP contribution in [0.25, 0.3) is 0 Å². The zero-order valence-corrected chi connectivity index (χ0v) is 85.8. The molecule has 25 nitrogen and oxygen atoms in total. The summed E-state index contributed by atoms with van der Waals surface area (Å²) in [5.41, 5.74) is 20.8. The number of rotatable bonds is 41. The first kappa shape index (κ1) is 102. The van der Waals surface area contributed by atoms with Crippen LogP contribution >= 0.6 is 54.8 Å². The molecule has 0 aliphatic carbocycles. The SMILES string of the molecule is COCCOCCOCCN(CC(C)(C)SSC)c1cc(CCl)cc(COc2cc3c(cc2OC)C(=O)N2c4ccccc4C[C@H]2CC3)c1.COCCOCCOCCN(CC(C)(C)SSC)c1cc(COc2cc3c(cc2C)C(=O)N2c4ccccc4C[C@H]2C=N3)cc(COc2cc3c(cc2OC)C(=O)N2c4ccccc4C[C@H]2CC3)c1.COc1cc2c(cc1O)N=C[C@@H]1Cc3ccccc3N1C2=O. The molecule has 4 atom stereocenters. The minimum Gasteiger partial charge on any atom is -0.504 e. The molecule has 0 fully saturated rings. The highest BCUT2D eigenvalue weighted by Gasteiger charge is 2.43. The van der Waals surface area contributed by atoms with Gasteiger partial charge >= 0.3 is 0 Å². The Morgan fingerprint density at radius 3 is 1.19 bits per heavy atom. The van der Waals surface area contributed by atoms with E-state index in [1.807, 2.05) is 165 Å². The van der Waals surface area contributed by atoms with Gasteiger partial charge in [-0.3, -0.25) is 39.0 Å². The predicted octanol–water partition coefficient (Wildman–Crippen LogP) is 20.7. The molecule has 8 heterocycles. The number of benzene rings is 10. The number of aryl methyl sites for hydroxylation is 3. The van der Waals surface area contributed by atoms with Crippen LogP contribution in [0.2, 0.25) is 0 Å².